The van der Waals surface area contributed by atoms with E-state index >= 15 is 0 Å². The van der Waals surface area contributed by atoms with E-state index in [1.165, 1.54) is 50.1 Å². The zero-order valence-corrected chi connectivity index (χ0v) is 21.8. The molecular formula is C29H22FN3O5S. The number of aromatic nitrogens is 1. The first-order valence-electron chi connectivity index (χ1n) is 12.2. The summed E-state index contributed by atoms with van der Waals surface area (Å²) in [7, 11) is 2.83. The van der Waals surface area contributed by atoms with Gasteiger partial charge in [0.25, 0.3) is 11.2 Å². The average molecular weight is 544 g/mol. The molecule has 2 aliphatic rings. The van der Waals surface area contributed by atoms with Crippen LogP contribution < -0.4 is 24.4 Å². The molecule has 10 heteroatoms. The molecule has 39 heavy (non-hydrogen) atoms. The van der Waals surface area contributed by atoms with E-state index in [9.17, 15) is 19.3 Å². The zero-order chi connectivity index (χ0) is 27.3. The van der Waals surface area contributed by atoms with E-state index in [0.29, 0.717) is 17.0 Å². The third-order valence-corrected chi connectivity index (χ3v) is 8.06. The lowest BCUT2D eigenvalue weighted by atomic mass is 9.83. The number of fused-ring (bicyclic) bond motifs is 3. The van der Waals surface area contributed by atoms with Gasteiger partial charge in [-0.05, 0) is 53.8 Å². The van der Waals surface area contributed by atoms with Gasteiger partial charge >= 0.3 is 0 Å². The lowest BCUT2D eigenvalue weighted by molar-refractivity contribution is -0.385. The number of benzene rings is 3. The number of allylic oxidation sites excluding steroid dienone is 1. The predicted molar refractivity (Wildman–Crippen MR) is 145 cm³/mol. The normalized spacial score (nSPS) is 16.2. The van der Waals surface area contributed by atoms with Crippen LogP contribution in [0.5, 0.6) is 11.5 Å². The number of halogens is 1. The highest BCUT2D eigenvalue weighted by Crippen LogP contribution is 2.41. The fourth-order valence-corrected chi connectivity index (χ4v) is 6.26. The van der Waals surface area contributed by atoms with Crippen molar-refractivity contribution in [2.24, 2.45) is 4.99 Å². The summed E-state index contributed by atoms with van der Waals surface area (Å²) in [6, 6.07) is 16.5. The minimum atomic E-state index is -0.526. The van der Waals surface area contributed by atoms with Crippen molar-refractivity contribution in [1.82, 2.24) is 4.57 Å². The van der Waals surface area contributed by atoms with Crippen molar-refractivity contribution < 1.29 is 18.8 Å². The standard InChI is InChI=1S/C29H22FN3O5S/c1-37-23-13-18(22(33(35)36)15-24(23)38-2)14-25-28(34)32-27(17-7-10-19(30)11-8-17)21-12-9-16-5-3-4-6-20(16)26(21)31-29(32)39-25/h3-8,10-11,13-15,27H,9,12H2,1-2H3/b25-14+/t27-/m0/s1. The Labute approximate surface area is 225 Å². The molecule has 0 N–H and O–H groups in total. The smallest absolute Gasteiger partial charge is 0.280 e. The Kier molecular flexibility index (Phi) is 6.11. The van der Waals surface area contributed by atoms with Crippen LogP contribution in [0.25, 0.3) is 11.8 Å². The molecule has 0 amide bonds. The van der Waals surface area contributed by atoms with Gasteiger partial charge in [-0.25, -0.2) is 9.38 Å². The van der Waals surface area contributed by atoms with Gasteiger partial charge in [0.1, 0.15) is 5.82 Å². The molecule has 0 radical (unpaired) electrons. The van der Waals surface area contributed by atoms with Crippen molar-refractivity contribution in [2.75, 3.05) is 14.2 Å². The number of rotatable bonds is 5. The molecule has 196 valence electrons. The van der Waals surface area contributed by atoms with Crippen LogP contribution in [0.15, 0.2) is 76.0 Å². The SMILES string of the molecule is COc1cc(/C=c2/sc3n(c2=O)[C@@H](c2ccc(F)cc2)C2=C(N=3)c3ccccc3CC2)c([N+](=O)[O-])cc1OC. The number of aryl methyl sites for hydroxylation is 1. The topological polar surface area (TPSA) is 96.0 Å². The van der Waals surface area contributed by atoms with Crippen LogP contribution in [0.4, 0.5) is 10.1 Å². The summed E-state index contributed by atoms with van der Waals surface area (Å²) < 4.78 is 26.3. The van der Waals surface area contributed by atoms with Gasteiger partial charge < -0.3 is 9.47 Å². The summed E-state index contributed by atoms with van der Waals surface area (Å²) >= 11 is 1.16. The van der Waals surface area contributed by atoms with Crippen LogP contribution in [0.3, 0.4) is 0 Å². The summed E-state index contributed by atoms with van der Waals surface area (Å²) in [5.74, 6) is 0.152. The number of thiazole rings is 1. The van der Waals surface area contributed by atoms with Crippen molar-refractivity contribution in [3.63, 3.8) is 0 Å². The van der Waals surface area contributed by atoms with E-state index in [0.717, 1.165) is 40.2 Å². The van der Waals surface area contributed by atoms with Crippen LogP contribution in [0, 0.1) is 15.9 Å². The first kappa shape index (κ1) is 24.7. The van der Waals surface area contributed by atoms with E-state index in [4.69, 9.17) is 14.5 Å². The van der Waals surface area contributed by atoms with Gasteiger partial charge in [0.05, 0.1) is 47.0 Å². The van der Waals surface area contributed by atoms with Crippen LogP contribution in [0.1, 0.15) is 34.7 Å². The monoisotopic (exact) mass is 543 g/mol. The van der Waals surface area contributed by atoms with E-state index in [-0.39, 0.29) is 32.9 Å². The van der Waals surface area contributed by atoms with E-state index in [1.807, 2.05) is 18.2 Å². The quantitative estimate of drug-likeness (QED) is 0.275. The highest BCUT2D eigenvalue weighted by molar-refractivity contribution is 7.07. The molecule has 0 saturated heterocycles. The number of nitro benzene ring substituents is 1. The van der Waals surface area contributed by atoms with Gasteiger partial charge in [0, 0.05) is 5.56 Å². The van der Waals surface area contributed by atoms with Crippen LogP contribution in [-0.2, 0) is 6.42 Å². The molecule has 1 aromatic heterocycles. The first-order valence-corrected chi connectivity index (χ1v) is 13.0. The molecule has 1 atom stereocenters. The van der Waals surface area contributed by atoms with E-state index in [2.05, 4.69) is 6.07 Å². The summed E-state index contributed by atoms with van der Waals surface area (Å²) in [6.07, 6.45) is 2.98. The molecule has 0 saturated carbocycles. The number of hydrogen-bond acceptors (Lipinski definition) is 7. The van der Waals surface area contributed by atoms with Crippen LogP contribution in [-0.4, -0.2) is 23.7 Å². The summed E-state index contributed by atoms with van der Waals surface area (Å²) in [6.45, 7) is 0. The Hall–Kier alpha value is -4.57. The fourth-order valence-electron chi connectivity index (χ4n) is 5.27. The number of hydrogen-bond donors (Lipinski definition) is 0. The second-order valence-electron chi connectivity index (χ2n) is 9.19. The number of ether oxygens (including phenoxy) is 2. The summed E-state index contributed by atoms with van der Waals surface area (Å²) in [4.78, 5) is 30.6. The molecule has 1 aliphatic carbocycles. The Bertz CT molecular complexity index is 1860. The Morgan fingerprint density at radius 1 is 1.08 bits per heavy atom. The largest absolute Gasteiger partial charge is 0.493 e. The maximum atomic E-state index is 13.9. The summed E-state index contributed by atoms with van der Waals surface area (Å²) in [5.41, 5.74) is 4.41. The average Bonchev–Trinajstić information content (AvgIpc) is 3.26. The third-order valence-electron chi connectivity index (χ3n) is 7.07. The molecule has 0 fully saturated rings. The molecule has 0 spiro atoms. The van der Waals surface area contributed by atoms with Crippen LogP contribution in [0.2, 0.25) is 0 Å². The van der Waals surface area contributed by atoms with Crippen LogP contribution >= 0.6 is 11.3 Å². The van der Waals surface area contributed by atoms with Gasteiger partial charge in [-0.2, -0.15) is 0 Å². The molecule has 2 heterocycles. The molecule has 6 rings (SSSR count). The number of nitro groups is 1. The molecule has 4 aromatic rings. The third kappa shape index (κ3) is 4.13. The molecule has 1 aliphatic heterocycles. The Morgan fingerprint density at radius 3 is 2.51 bits per heavy atom. The lowest BCUT2D eigenvalue weighted by Gasteiger charge is -2.30. The fraction of sp³-hybridized carbons (Fsp3) is 0.172. The number of nitrogens with zero attached hydrogens (tertiary/aromatic N) is 3. The molecule has 0 bridgehead atoms. The van der Waals surface area contributed by atoms with Gasteiger partial charge in [-0.1, -0.05) is 47.7 Å². The minimum Gasteiger partial charge on any atom is -0.493 e. The molecule has 8 nitrogen and oxygen atoms in total. The number of methoxy groups -OCH3 is 2. The highest BCUT2D eigenvalue weighted by Gasteiger charge is 2.32. The Morgan fingerprint density at radius 2 is 1.79 bits per heavy atom. The van der Waals surface area contributed by atoms with Gasteiger partial charge in [0.2, 0.25) is 0 Å². The van der Waals surface area contributed by atoms with Crippen molar-refractivity contribution in [3.05, 3.63) is 124 Å². The zero-order valence-electron chi connectivity index (χ0n) is 21.0. The van der Waals surface area contributed by atoms with Gasteiger partial charge in [-0.15, -0.1) is 0 Å². The molecule has 0 unspecified atom stereocenters. The van der Waals surface area contributed by atoms with Crippen molar-refractivity contribution >= 4 is 28.8 Å². The van der Waals surface area contributed by atoms with E-state index in [1.54, 1.807) is 16.7 Å². The van der Waals surface area contributed by atoms with Crippen molar-refractivity contribution in [1.29, 1.82) is 0 Å². The maximum Gasteiger partial charge on any atom is 0.280 e. The molecule has 3 aromatic carbocycles. The molecular weight excluding hydrogens is 521 g/mol. The summed E-state index contributed by atoms with van der Waals surface area (Å²) in [5, 5.41) is 11.9. The van der Waals surface area contributed by atoms with Crippen molar-refractivity contribution in [2.45, 2.75) is 18.9 Å². The van der Waals surface area contributed by atoms with Crippen molar-refractivity contribution in [3.8, 4) is 11.5 Å². The Balaban J connectivity index is 1.62. The first-order chi connectivity index (χ1) is 18.9. The highest BCUT2D eigenvalue weighted by atomic mass is 32.1. The minimum absolute atomic E-state index is 0.204. The van der Waals surface area contributed by atoms with Gasteiger partial charge in [-0.3, -0.25) is 19.5 Å². The predicted octanol–water partition coefficient (Wildman–Crippen LogP) is 4.38. The second kappa shape index (κ2) is 9.63. The lowest BCUT2D eigenvalue weighted by Crippen LogP contribution is -2.38. The maximum absolute atomic E-state index is 13.9. The second-order valence-corrected chi connectivity index (χ2v) is 10.2. The van der Waals surface area contributed by atoms with E-state index < -0.39 is 11.0 Å². The van der Waals surface area contributed by atoms with Gasteiger partial charge in [0.15, 0.2) is 16.3 Å².